The van der Waals surface area contributed by atoms with Gasteiger partial charge in [-0.15, -0.1) is 0 Å². The lowest BCUT2D eigenvalue weighted by atomic mass is 10.2. The smallest absolute Gasteiger partial charge is 0.167 e. The fraction of sp³-hybridized carbons (Fsp3) is 0. The summed E-state index contributed by atoms with van der Waals surface area (Å²) < 4.78 is 31.8. The number of nitriles is 1. The molecule has 2 rings (SSSR count). The predicted octanol–water partition coefficient (Wildman–Crippen LogP) is 4.28. The molecule has 0 bridgehead atoms. The molecular weight excluding hydrogens is 260 g/mol. The van der Waals surface area contributed by atoms with Crippen molar-refractivity contribution >= 4 is 11.6 Å². The van der Waals surface area contributed by atoms with E-state index in [2.05, 4.69) is 0 Å². The molecule has 0 aromatic heterocycles. The highest BCUT2D eigenvalue weighted by atomic mass is 35.5. The van der Waals surface area contributed by atoms with Gasteiger partial charge in [-0.3, -0.25) is 0 Å². The Labute approximate surface area is 107 Å². The number of hydrogen-bond donors (Lipinski definition) is 0. The van der Waals surface area contributed by atoms with Crippen molar-refractivity contribution in [2.45, 2.75) is 0 Å². The van der Waals surface area contributed by atoms with Crippen LogP contribution in [0.1, 0.15) is 5.56 Å². The molecule has 0 aliphatic carbocycles. The topological polar surface area (TPSA) is 33.0 Å². The average Bonchev–Trinajstić information content (AvgIpc) is 2.36. The molecule has 2 aromatic rings. The highest BCUT2D eigenvalue weighted by Gasteiger charge is 2.08. The van der Waals surface area contributed by atoms with Gasteiger partial charge in [0.25, 0.3) is 0 Å². The van der Waals surface area contributed by atoms with Crippen LogP contribution in [-0.2, 0) is 0 Å². The molecule has 0 spiro atoms. The van der Waals surface area contributed by atoms with Crippen molar-refractivity contribution < 1.29 is 13.5 Å². The quantitative estimate of drug-likeness (QED) is 0.812. The van der Waals surface area contributed by atoms with E-state index in [9.17, 15) is 8.78 Å². The van der Waals surface area contributed by atoms with Crippen molar-refractivity contribution in [1.82, 2.24) is 0 Å². The van der Waals surface area contributed by atoms with Crippen molar-refractivity contribution in [2.24, 2.45) is 0 Å². The fourth-order valence-electron chi connectivity index (χ4n) is 1.32. The average molecular weight is 266 g/mol. The van der Waals surface area contributed by atoms with Crippen LogP contribution in [0.15, 0.2) is 36.4 Å². The zero-order valence-electron chi connectivity index (χ0n) is 8.95. The van der Waals surface area contributed by atoms with E-state index < -0.39 is 11.6 Å². The van der Waals surface area contributed by atoms with Crippen LogP contribution in [0.2, 0.25) is 5.02 Å². The summed E-state index contributed by atoms with van der Waals surface area (Å²) in [7, 11) is 0. The van der Waals surface area contributed by atoms with Gasteiger partial charge in [0.1, 0.15) is 11.6 Å². The molecule has 0 heterocycles. The van der Waals surface area contributed by atoms with E-state index in [1.165, 1.54) is 24.3 Å². The van der Waals surface area contributed by atoms with Crippen LogP contribution in [0.25, 0.3) is 0 Å². The van der Waals surface area contributed by atoms with E-state index in [4.69, 9.17) is 21.6 Å². The molecule has 0 amide bonds. The molecule has 0 atom stereocenters. The first-order valence-electron chi connectivity index (χ1n) is 4.92. The Kier molecular flexibility index (Phi) is 3.45. The molecule has 5 heteroatoms. The lowest BCUT2D eigenvalue weighted by molar-refractivity contribution is 0.438. The van der Waals surface area contributed by atoms with E-state index in [0.29, 0.717) is 0 Å². The van der Waals surface area contributed by atoms with Gasteiger partial charge < -0.3 is 4.74 Å². The van der Waals surface area contributed by atoms with E-state index in [-0.39, 0.29) is 22.1 Å². The van der Waals surface area contributed by atoms with E-state index in [0.717, 1.165) is 12.1 Å². The summed E-state index contributed by atoms with van der Waals surface area (Å²) in [5, 5.41) is 8.55. The van der Waals surface area contributed by atoms with Crippen LogP contribution in [0, 0.1) is 23.0 Å². The van der Waals surface area contributed by atoms with Crippen LogP contribution in [0.5, 0.6) is 11.5 Å². The van der Waals surface area contributed by atoms with Crippen LogP contribution >= 0.6 is 11.6 Å². The highest BCUT2D eigenvalue weighted by Crippen LogP contribution is 2.27. The molecular formula is C13H6ClF2NO. The van der Waals surface area contributed by atoms with Crippen LogP contribution < -0.4 is 4.74 Å². The minimum absolute atomic E-state index is 0.0392. The second-order valence-electron chi connectivity index (χ2n) is 3.43. The molecule has 0 saturated heterocycles. The summed E-state index contributed by atoms with van der Waals surface area (Å²) in [5.41, 5.74) is 0.183. The van der Waals surface area contributed by atoms with E-state index in [1.807, 2.05) is 0 Å². The zero-order valence-corrected chi connectivity index (χ0v) is 9.71. The maximum atomic E-state index is 13.5. The van der Waals surface area contributed by atoms with Gasteiger partial charge in [0.15, 0.2) is 11.6 Å². The van der Waals surface area contributed by atoms with Crippen LogP contribution in [0.4, 0.5) is 8.78 Å². The number of hydrogen-bond acceptors (Lipinski definition) is 2. The fourth-order valence-corrected chi connectivity index (χ4v) is 1.44. The summed E-state index contributed by atoms with van der Waals surface area (Å²) in [5.74, 6) is -1.30. The minimum atomic E-state index is -0.690. The van der Waals surface area contributed by atoms with Gasteiger partial charge in [-0.25, -0.2) is 8.78 Å². The van der Waals surface area contributed by atoms with Gasteiger partial charge in [0, 0.05) is 6.07 Å². The predicted molar refractivity (Wildman–Crippen MR) is 62.6 cm³/mol. The summed E-state index contributed by atoms with van der Waals surface area (Å²) in [4.78, 5) is 0. The Morgan fingerprint density at radius 1 is 1.06 bits per heavy atom. The van der Waals surface area contributed by atoms with Gasteiger partial charge >= 0.3 is 0 Å². The Bertz CT molecular complexity index is 637. The third-order valence-electron chi connectivity index (χ3n) is 2.18. The molecule has 0 unspecified atom stereocenters. The van der Waals surface area contributed by atoms with Crippen molar-refractivity contribution in [1.29, 1.82) is 5.26 Å². The normalized spacial score (nSPS) is 9.89. The third kappa shape index (κ3) is 2.58. The molecule has 0 aliphatic rings. The summed E-state index contributed by atoms with van der Waals surface area (Å²) >= 11 is 5.51. The Hall–Kier alpha value is -2.12. The van der Waals surface area contributed by atoms with E-state index >= 15 is 0 Å². The number of halogens is 3. The van der Waals surface area contributed by atoms with E-state index in [1.54, 1.807) is 6.07 Å². The second-order valence-corrected chi connectivity index (χ2v) is 3.84. The van der Waals surface area contributed by atoms with Gasteiger partial charge in [0.05, 0.1) is 16.7 Å². The molecule has 2 nitrogen and oxygen atoms in total. The van der Waals surface area contributed by atoms with Crippen molar-refractivity contribution in [3.8, 4) is 17.6 Å². The summed E-state index contributed by atoms with van der Waals surface area (Å²) in [6.07, 6.45) is 0. The van der Waals surface area contributed by atoms with Crippen molar-refractivity contribution in [2.75, 3.05) is 0 Å². The first-order chi connectivity index (χ1) is 8.60. The highest BCUT2D eigenvalue weighted by molar-refractivity contribution is 6.30. The van der Waals surface area contributed by atoms with Gasteiger partial charge in [-0.2, -0.15) is 5.26 Å². The molecule has 0 fully saturated rings. The standard InChI is InChI=1S/C13H6ClF2NO/c14-10-3-2-9(6-11(10)15)18-13-4-1-8(7-17)5-12(13)16/h1-6H. The molecule has 18 heavy (non-hydrogen) atoms. The first-order valence-corrected chi connectivity index (χ1v) is 5.30. The Morgan fingerprint density at radius 2 is 1.83 bits per heavy atom. The largest absolute Gasteiger partial charge is 0.454 e. The maximum Gasteiger partial charge on any atom is 0.167 e. The molecule has 0 N–H and O–H groups in total. The molecule has 2 aromatic carbocycles. The van der Waals surface area contributed by atoms with Gasteiger partial charge in [-0.1, -0.05) is 11.6 Å². The third-order valence-corrected chi connectivity index (χ3v) is 2.49. The Morgan fingerprint density at radius 3 is 2.44 bits per heavy atom. The Balaban J connectivity index is 2.29. The number of ether oxygens (including phenoxy) is 1. The minimum Gasteiger partial charge on any atom is -0.454 e. The van der Waals surface area contributed by atoms with Crippen LogP contribution in [0.3, 0.4) is 0 Å². The van der Waals surface area contributed by atoms with Crippen LogP contribution in [-0.4, -0.2) is 0 Å². The van der Waals surface area contributed by atoms with Crippen molar-refractivity contribution in [3.05, 3.63) is 58.6 Å². The SMILES string of the molecule is N#Cc1ccc(Oc2ccc(Cl)c(F)c2)c(F)c1. The molecule has 0 radical (unpaired) electrons. The lowest BCUT2D eigenvalue weighted by Crippen LogP contribution is -1.90. The second kappa shape index (κ2) is 5.03. The molecule has 0 aliphatic heterocycles. The van der Waals surface area contributed by atoms with Gasteiger partial charge in [0.2, 0.25) is 0 Å². The first kappa shape index (κ1) is 12.3. The monoisotopic (exact) mass is 265 g/mol. The maximum absolute atomic E-state index is 13.5. The lowest BCUT2D eigenvalue weighted by Gasteiger charge is -2.07. The zero-order chi connectivity index (χ0) is 13.1. The summed E-state index contributed by atoms with van der Waals surface area (Å²) in [6.45, 7) is 0. The molecule has 0 saturated carbocycles. The van der Waals surface area contributed by atoms with Crippen molar-refractivity contribution in [3.63, 3.8) is 0 Å². The number of rotatable bonds is 2. The number of nitrogens with zero attached hydrogens (tertiary/aromatic N) is 1. The molecule has 90 valence electrons. The summed E-state index contributed by atoms with van der Waals surface area (Å²) in [6, 6.07) is 9.35. The van der Waals surface area contributed by atoms with Gasteiger partial charge in [-0.05, 0) is 30.3 Å². The number of benzene rings is 2.